The number of hydrogen-bond acceptors (Lipinski definition) is 6. The average molecular weight is 419 g/mol. The summed E-state index contributed by atoms with van der Waals surface area (Å²) in [5, 5.41) is 12.0. The molecule has 0 spiro atoms. The zero-order valence-electron chi connectivity index (χ0n) is 14.6. The van der Waals surface area contributed by atoms with Crippen LogP contribution in [0.5, 0.6) is 11.5 Å². The molecule has 2 aromatic carbocycles. The van der Waals surface area contributed by atoms with E-state index in [-0.39, 0.29) is 16.3 Å². The molecule has 144 valence electrons. The third-order valence-electron chi connectivity index (χ3n) is 3.83. The molecule has 0 saturated carbocycles. The zero-order chi connectivity index (χ0) is 20.3. The molecule has 1 fully saturated rings. The molecular weight excluding hydrogens is 404 g/mol. The molecule has 0 aliphatic carbocycles. The predicted octanol–water partition coefficient (Wildman–Crippen LogP) is 3.73. The number of methoxy groups -OCH3 is 1. The summed E-state index contributed by atoms with van der Waals surface area (Å²) in [6.07, 6.45) is 1.55. The highest BCUT2D eigenvalue weighted by Gasteiger charge is 2.36. The van der Waals surface area contributed by atoms with Crippen molar-refractivity contribution in [3.63, 3.8) is 0 Å². The summed E-state index contributed by atoms with van der Waals surface area (Å²) in [5.41, 5.74) is 0.734. The van der Waals surface area contributed by atoms with Gasteiger partial charge in [-0.2, -0.15) is 0 Å². The Kier molecular flexibility index (Phi) is 5.91. The fourth-order valence-corrected chi connectivity index (χ4v) is 3.51. The van der Waals surface area contributed by atoms with Gasteiger partial charge in [-0.15, -0.1) is 0 Å². The van der Waals surface area contributed by atoms with Crippen LogP contribution in [0.2, 0.25) is 5.02 Å². The SMILES string of the molecule is COc1ccccc1/C=C1\SC(=O)N(CC(=O)Nc2cc(Cl)ccc2O)C1=O. The number of ether oxygens (including phenoxy) is 1. The Balaban J connectivity index is 1.74. The number of aromatic hydroxyl groups is 1. The van der Waals surface area contributed by atoms with Crippen LogP contribution in [0.4, 0.5) is 10.5 Å². The van der Waals surface area contributed by atoms with E-state index in [0.717, 1.165) is 16.7 Å². The van der Waals surface area contributed by atoms with E-state index < -0.39 is 23.6 Å². The van der Waals surface area contributed by atoms with Crippen molar-refractivity contribution in [2.24, 2.45) is 0 Å². The van der Waals surface area contributed by atoms with Crippen LogP contribution in [0.3, 0.4) is 0 Å². The highest BCUT2D eigenvalue weighted by atomic mass is 35.5. The number of carbonyl (C=O) groups excluding carboxylic acids is 3. The molecule has 0 atom stereocenters. The van der Waals surface area contributed by atoms with Gasteiger partial charge in [-0.1, -0.05) is 29.8 Å². The second-order valence-electron chi connectivity index (χ2n) is 5.72. The van der Waals surface area contributed by atoms with Gasteiger partial charge in [-0.05, 0) is 42.1 Å². The molecule has 1 aliphatic heterocycles. The summed E-state index contributed by atoms with van der Waals surface area (Å²) in [7, 11) is 1.51. The van der Waals surface area contributed by atoms with Crippen LogP contribution in [0.15, 0.2) is 47.4 Å². The van der Waals surface area contributed by atoms with E-state index in [0.29, 0.717) is 16.3 Å². The lowest BCUT2D eigenvalue weighted by Crippen LogP contribution is -2.36. The van der Waals surface area contributed by atoms with Crippen molar-refractivity contribution in [3.8, 4) is 11.5 Å². The number of nitrogens with zero attached hydrogens (tertiary/aromatic N) is 1. The molecule has 3 rings (SSSR count). The number of halogens is 1. The summed E-state index contributed by atoms with van der Waals surface area (Å²) in [6.45, 7) is -0.486. The maximum Gasteiger partial charge on any atom is 0.294 e. The maximum atomic E-state index is 12.6. The van der Waals surface area contributed by atoms with Crippen molar-refractivity contribution in [3.05, 3.63) is 58.0 Å². The van der Waals surface area contributed by atoms with Gasteiger partial charge >= 0.3 is 0 Å². The summed E-state index contributed by atoms with van der Waals surface area (Å²) < 4.78 is 5.23. The van der Waals surface area contributed by atoms with Gasteiger partial charge in [-0.3, -0.25) is 19.3 Å². The summed E-state index contributed by atoms with van der Waals surface area (Å²) in [5.74, 6) is -0.837. The normalized spacial score (nSPS) is 15.2. The molecule has 0 radical (unpaired) electrons. The second-order valence-corrected chi connectivity index (χ2v) is 7.15. The van der Waals surface area contributed by atoms with E-state index in [9.17, 15) is 19.5 Å². The van der Waals surface area contributed by atoms with E-state index >= 15 is 0 Å². The first kappa shape index (κ1) is 19.8. The molecule has 1 aliphatic rings. The van der Waals surface area contributed by atoms with Crippen molar-refractivity contribution in [1.29, 1.82) is 0 Å². The largest absolute Gasteiger partial charge is 0.506 e. The highest BCUT2D eigenvalue weighted by molar-refractivity contribution is 8.18. The Labute approximate surface area is 169 Å². The minimum atomic E-state index is -0.640. The lowest BCUT2D eigenvalue weighted by Gasteiger charge is -2.13. The molecular formula is C19H15ClN2O5S. The average Bonchev–Trinajstić information content (AvgIpc) is 2.92. The minimum Gasteiger partial charge on any atom is -0.506 e. The van der Waals surface area contributed by atoms with Crippen LogP contribution in [-0.2, 0) is 9.59 Å². The topological polar surface area (TPSA) is 95.9 Å². The van der Waals surface area contributed by atoms with Gasteiger partial charge in [0.25, 0.3) is 11.1 Å². The van der Waals surface area contributed by atoms with Crippen LogP contribution in [-0.4, -0.2) is 40.7 Å². The number of nitrogens with one attached hydrogen (secondary N) is 1. The lowest BCUT2D eigenvalue weighted by atomic mass is 10.2. The minimum absolute atomic E-state index is 0.0917. The summed E-state index contributed by atoms with van der Waals surface area (Å²) in [4.78, 5) is 38.0. The molecule has 1 saturated heterocycles. The number of phenols is 1. The summed E-state index contributed by atoms with van der Waals surface area (Å²) in [6, 6.07) is 11.2. The zero-order valence-corrected chi connectivity index (χ0v) is 16.2. The van der Waals surface area contributed by atoms with E-state index in [4.69, 9.17) is 16.3 Å². The first-order chi connectivity index (χ1) is 13.4. The third kappa shape index (κ3) is 4.29. The smallest absolute Gasteiger partial charge is 0.294 e. The Hall–Kier alpha value is -2.97. The number of amides is 3. The Morgan fingerprint density at radius 3 is 2.79 bits per heavy atom. The number of imide groups is 1. The molecule has 3 amide bonds. The number of benzene rings is 2. The number of carbonyl (C=O) groups is 3. The monoisotopic (exact) mass is 418 g/mol. The number of hydrogen-bond donors (Lipinski definition) is 2. The molecule has 7 nitrogen and oxygen atoms in total. The van der Waals surface area contributed by atoms with Gasteiger partial charge in [0.2, 0.25) is 5.91 Å². The van der Waals surface area contributed by atoms with E-state index in [2.05, 4.69) is 5.32 Å². The fourth-order valence-electron chi connectivity index (χ4n) is 2.50. The number of para-hydroxylation sites is 1. The molecule has 2 N–H and O–H groups in total. The number of thioether (sulfide) groups is 1. The molecule has 0 aromatic heterocycles. The van der Waals surface area contributed by atoms with E-state index in [1.807, 2.05) is 0 Å². The van der Waals surface area contributed by atoms with Gasteiger partial charge < -0.3 is 15.2 Å². The Morgan fingerprint density at radius 1 is 1.29 bits per heavy atom. The third-order valence-corrected chi connectivity index (χ3v) is 4.98. The van der Waals surface area contributed by atoms with Crippen molar-refractivity contribution in [1.82, 2.24) is 4.90 Å². The Bertz CT molecular complexity index is 992. The van der Waals surface area contributed by atoms with Gasteiger partial charge in [0.15, 0.2) is 0 Å². The number of anilines is 1. The maximum absolute atomic E-state index is 12.6. The van der Waals surface area contributed by atoms with Crippen molar-refractivity contribution in [2.75, 3.05) is 19.0 Å². The van der Waals surface area contributed by atoms with Crippen molar-refractivity contribution < 1.29 is 24.2 Å². The van der Waals surface area contributed by atoms with Gasteiger partial charge in [0, 0.05) is 10.6 Å². The van der Waals surface area contributed by atoms with Gasteiger partial charge in [0.05, 0.1) is 17.7 Å². The quantitative estimate of drug-likeness (QED) is 0.567. The highest BCUT2D eigenvalue weighted by Crippen LogP contribution is 2.34. The van der Waals surface area contributed by atoms with E-state index in [1.165, 1.54) is 25.3 Å². The number of rotatable bonds is 5. The van der Waals surface area contributed by atoms with Gasteiger partial charge in [0.1, 0.15) is 18.0 Å². The van der Waals surface area contributed by atoms with Crippen molar-refractivity contribution >= 4 is 52.2 Å². The molecule has 28 heavy (non-hydrogen) atoms. The molecule has 0 unspecified atom stereocenters. The molecule has 9 heteroatoms. The van der Waals surface area contributed by atoms with E-state index in [1.54, 1.807) is 30.3 Å². The van der Waals surface area contributed by atoms with Crippen LogP contribution in [0.25, 0.3) is 6.08 Å². The second kappa shape index (κ2) is 8.37. The molecule has 2 aromatic rings. The Morgan fingerprint density at radius 2 is 2.04 bits per heavy atom. The van der Waals surface area contributed by atoms with Crippen LogP contribution in [0.1, 0.15) is 5.56 Å². The standard InChI is InChI=1S/C19H15ClN2O5S/c1-27-15-5-3-2-4-11(15)8-16-18(25)22(19(26)28-16)10-17(24)21-13-9-12(20)6-7-14(13)23/h2-9,23H,10H2,1H3,(H,21,24)/b16-8-. The number of phenolic OH excluding ortho intramolecular Hbond substituents is 1. The predicted molar refractivity (Wildman–Crippen MR) is 107 cm³/mol. The fraction of sp³-hybridized carbons (Fsp3) is 0.105. The van der Waals surface area contributed by atoms with Crippen LogP contribution in [0, 0.1) is 0 Å². The molecule has 0 bridgehead atoms. The summed E-state index contributed by atoms with van der Waals surface area (Å²) >= 11 is 6.58. The van der Waals surface area contributed by atoms with Crippen molar-refractivity contribution in [2.45, 2.75) is 0 Å². The first-order valence-corrected chi connectivity index (χ1v) is 9.25. The molecule has 1 heterocycles. The van der Waals surface area contributed by atoms with Crippen LogP contribution >= 0.6 is 23.4 Å². The first-order valence-electron chi connectivity index (χ1n) is 8.06. The van der Waals surface area contributed by atoms with Gasteiger partial charge in [-0.25, -0.2) is 0 Å². The lowest BCUT2D eigenvalue weighted by molar-refractivity contribution is -0.127. The van der Waals surface area contributed by atoms with Crippen LogP contribution < -0.4 is 10.1 Å².